The van der Waals surface area contributed by atoms with Crippen LogP contribution in [0.2, 0.25) is 0 Å². The molecule has 8 heteroatoms. The monoisotopic (exact) mass is 525 g/mol. The van der Waals surface area contributed by atoms with Crippen LogP contribution in [0.4, 0.5) is 4.39 Å². The molecule has 2 aromatic rings. The first-order valence-corrected chi connectivity index (χ1v) is 13.8. The van der Waals surface area contributed by atoms with Crippen LogP contribution in [-0.2, 0) is 20.7 Å². The van der Waals surface area contributed by atoms with Crippen LogP contribution in [0.15, 0.2) is 42.5 Å². The Labute approximate surface area is 224 Å². The van der Waals surface area contributed by atoms with Crippen LogP contribution < -0.4 is 15.8 Å². The van der Waals surface area contributed by atoms with Crippen LogP contribution in [0.3, 0.4) is 0 Å². The number of halogens is 1. The van der Waals surface area contributed by atoms with Crippen molar-refractivity contribution in [1.29, 1.82) is 0 Å². The molecule has 3 N–H and O–H groups in total. The fourth-order valence-corrected chi connectivity index (χ4v) is 5.31. The molecule has 2 aliphatic rings. The summed E-state index contributed by atoms with van der Waals surface area (Å²) in [6.07, 6.45) is 3.75. The number of esters is 1. The Morgan fingerprint density at radius 3 is 2.50 bits per heavy atom. The number of likely N-dealkylation sites (tertiary alicyclic amines) is 1. The van der Waals surface area contributed by atoms with Crippen molar-refractivity contribution < 1.29 is 23.5 Å². The first-order chi connectivity index (χ1) is 18.3. The van der Waals surface area contributed by atoms with Crippen LogP contribution in [-0.4, -0.2) is 61.7 Å². The van der Waals surface area contributed by atoms with Gasteiger partial charge in [-0.2, -0.15) is 0 Å². The molecule has 2 aromatic carbocycles. The molecule has 2 fully saturated rings. The van der Waals surface area contributed by atoms with Gasteiger partial charge in [0, 0.05) is 19.6 Å². The number of rotatable bonds is 10. The molecular formula is C30H40FN3O4. The molecule has 38 heavy (non-hydrogen) atoms. The lowest BCUT2D eigenvalue weighted by atomic mass is 9.84. The second kappa shape index (κ2) is 13.2. The number of nitrogens with one attached hydrogen (secondary N) is 1. The van der Waals surface area contributed by atoms with Crippen molar-refractivity contribution in [3.05, 3.63) is 53.8 Å². The molecule has 3 atom stereocenters. The van der Waals surface area contributed by atoms with E-state index in [9.17, 15) is 14.0 Å². The van der Waals surface area contributed by atoms with Gasteiger partial charge in [0.25, 0.3) is 0 Å². The zero-order valence-electron chi connectivity index (χ0n) is 22.5. The predicted octanol–water partition coefficient (Wildman–Crippen LogP) is 3.93. The quantitative estimate of drug-likeness (QED) is 0.457. The molecule has 3 unspecified atom stereocenters. The Balaban J connectivity index is 1.29. The fourth-order valence-electron chi connectivity index (χ4n) is 5.31. The maximum absolute atomic E-state index is 14.9. The van der Waals surface area contributed by atoms with Crippen molar-refractivity contribution >= 4 is 11.9 Å². The number of ether oxygens (including phenoxy) is 2. The summed E-state index contributed by atoms with van der Waals surface area (Å²) in [5.74, 6) is 0.199. The highest BCUT2D eigenvalue weighted by atomic mass is 19.1. The number of hydrogen-bond donors (Lipinski definition) is 2. The maximum atomic E-state index is 14.9. The van der Waals surface area contributed by atoms with E-state index in [2.05, 4.69) is 5.32 Å². The van der Waals surface area contributed by atoms with E-state index in [1.807, 2.05) is 44.2 Å². The highest BCUT2D eigenvalue weighted by Crippen LogP contribution is 2.27. The van der Waals surface area contributed by atoms with Crippen molar-refractivity contribution in [2.24, 2.45) is 17.6 Å². The van der Waals surface area contributed by atoms with Crippen LogP contribution in [0.1, 0.15) is 45.1 Å². The largest absolute Gasteiger partial charge is 0.494 e. The Kier molecular flexibility index (Phi) is 9.74. The van der Waals surface area contributed by atoms with Crippen molar-refractivity contribution in [1.82, 2.24) is 10.2 Å². The van der Waals surface area contributed by atoms with Gasteiger partial charge in [0.1, 0.15) is 11.6 Å². The van der Waals surface area contributed by atoms with Gasteiger partial charge in [-0.3, -0.25) is 9.59 Å². The number of carbonyl (C=O) groups is 2. The summed E-state index contributed by atoms with van der Waals surface area (Å²) in [6.45, 7) is 7.24. The SMILES string of the molecule is CC(C)OC(=O)C1CNCCC1CCOc1ccc(-c2ccc(CC(N)C(=O)N3CCCC3)c(F)c2)cc1. The minimum atomic E-state index is -0.731. The Hall–Kier alpha value is -2.97. The molecule has 0 aromatic heterocycles. The highest BCUT2D eigenvalue weighted by Gasteiger charge is 2.32. The molecule has 2 aliphatic heterocycles. The molecule has 7 nitrogen and oxygen atoms in total. The van der Waals surface area contributed by atoms with E-state index in [1.165, 1.54) is 6.07 Å². The van der Waals surface area contributed by atoms with E-state index in [0.717, 1.165) is 62.2 Å². The molecule has 0 bridgehead atoms. The lowest BCUT2D eigenvalue weighted by molar-refractivity contribution is -0.155. The van der Waals surface area contributed by atoms with Crippen molar-refractivity contribution in [3.8, 4) is 16.9 Å². The van der Waals surface area contributed by atoms with Gasteiger partial charge in [0.2, 0.25) is 5.91 Å². The summed E-state index contributed by atoms with van der Waals surface area (Å²) >= 11 is 0. The van der Waals surface area contributed by atoms with Crippen molar-refractivity contribution in [2.45, 2.75) is 58.1 Å². The smallest absolute Gasteiger partial charge is 0.310 e. The number of hydrogen-bond acceptors (Lipinski definition) is 6. The van der Waals surface area contributed by atoms with Crippen LogP contribution >= 0.6 is 0 Å². The molecule has 1 amide bonds. The zero-order valence-corrected chi connectivity index (χ0v) is 22.5. The second-order valence-electron chi connectivity index (χ2n) is 10.7. The summed E-state index contributed by atoms with van der Waals surface area (Å²) in [7, 11) is 0. The second-order valence-corrected chi connectivity index (χ2v) is 10.7. The lowest BCUT2D eigenvalue weighted by Gasteiger charge is -2.31. The third kappa shape index (κ3) is 7.32. The standard InChI is InChI=1S/C30H40FN3O4/c1-20(2)38-30(36)26-19-33-13-11-22(26)12-16-37-25-9-7-21(8-10-25)23-5-6-24(27(31)17-23)18-28(32)29(35)34-14-3-4-15-34/h5-10,17,20,22,26,28,33H,3-4,11-16,18-19,32H2,1-2H3. The summed E-state index contributed by atoms with van der Waals surface area (Å²) in [5.41, 5.74) is 8.16. The molecule has 0 aliphatic carbocycles. The summed E-state index contributed by atoms with van der Waals surface area (Å²) in [6, 6.07) is 11.9. The Morgan fingerprint density at radius 1 is 1.11 bits per heavy atom. The van der Waals surface area contributed by atoms with E-state index in [-0.39, 0.29) is 42.1 Å². The summed E-state index contributed by atoms with van der Waals surface area (Å²) in [5, 5.41) is 3.29. The molecule has 206 valence electrons. The third-order valence-electron chi connectivity index (χ3n) is 7.45. The van der Waals surface area contributed by atoms with Crippen molar-refractivity contribution in [3.63, 3.8) is 0 Å². The van der Waals surface area contributed by atoms with Gasteiger partial charge in [0.15, 0.2) is 0 Å². The molecule has 0 spiro atoms. The number of piperidine rings is 1. The van der Waals surface area contributed by atoms with Crippen molar-refractivity contribution in [2.75, 3.05) is 32.8 Å². The van der Waals surface area contributed by atoms with Crippen LogP contribution in [0, 0.1) is 17.7 Å². The van der Waals surface area contributed by atoms with Gasteiger partial charge in [-0.1, -0.05) is 24.3 Å². The van der Waals surface area contributed by atoms with Crippen LogP contribution in [0.25, 0.3) is 11.1 Å². The molecule has 0 radical (unpaired) electrons. The summed E-state index contributed by atoms with van der Waals surface area (Å²) in [4.78, 5) is 26.7. The third-order valence-corrected chi connectivity index (χ3v) is 7.45. The normalized spacial score (nSPS) is 20.4. The molecular weight excluding hydrogens is 485 g/mol. The number of amides is 1. The maximum Gasteiger partial charge on any atom is 0.310 e. The number of carbonyl (C=O) groups excluding carboxylic acids is 2. The fraction of sp³-hybridized carbons (Fsp3) is 0.533. The average Bonchev–Trinajstić information content (AvgIpc) is 3.45. The minimum absolute atomic E-state index is 0.104. The van der Waals surface area contributed by atoms with Gasteiger partial charge in [-0.05, 0) is 93.3 Å². The van der Waals surface area contributed by atoms with E-state index < -0.39 is 6.04 Å². The lowest BCUT2D eigenvalue weighted by Crippen LogP contribution is -2.43. The average molecular weight is 526 g/mol. The van der Waals surface area contributed by atoms with E-state index >= 15 is 0 Å². The number of nitrogens with zero attached hydrogens (tertiary/aromatic N) is 1. The first kappa shape index (κ1) is 28.0. The molecule has 2 saturated heterocycles. The van der Waals surface area contributed by atoms with E-state index in [0.29, 0.717) is 18.7 Å². The molecule has 0 saturated carbocycles. The van der Waals surface area contributed by atoms with Gasteiger partial charge in [-0.25, -0.2) is 4.39 Å². The van der Waals surface area contributed by atoms with Gasteiger partial charge in [0.05, 0.1) is 24.7 Å². The Morgan fingerprint density at radius 2 is 1.82 bits per heavy atom. The van der Waals surface area contributed by atoms with E-state index in [1.54, 1.807) is 11.0 Å². The highest BCUT2D eigenvalue weighted by molar-refractivity contribution is 5.82. The minimum Gasteiger partial charge on any atom is -0.494 e. The van der Waals surface area contributed by atoms with Crippen LogP contribution in [0.5, 0.6) is 5.75 Å². The van der Waals surface area contributed by atoms with Gasteiger partial charge in [-0.15, -0.1) is 0 Å². The number of benzene rings is 2. The molecule has 4 rings (SSSR count). The van der Waals surface area contributed by atoms with E-state index in [4.69, 9.17) is 15.2 Å². The predicted molar refractivity (Wildman–Crippen MR) is 145 cm³/mol. The van der Waals surface area contributed by atoms with Gasteiger partial charge < -0.3 is 25.4 Å². The van der Waals surface area contributed by atoms with Gasteiger partial charge >= 0.3 is 5.97 Å². The molecule has 2 heterocycles. The number of nitrogens with two attached hydrogens (primary N) is 1. The topological polar surface area (TPSA) is 93.9 Å². The Bertz CT molecular complexity index is 1090. The summed E-state index contributed by atoms with van der Waals surface area (Å²) < 4.78 is 26.3. The zero-order chi connectivity index (χ0) is 27.1. The first-order valence-electron chi connectivity index (χ1n) is 13.8.